The number of phenols is 1. The van der Waals surface area contributed by atoms with E-state index < -0.39 is 24.0 Å². The van der Waals surface area contributed by atoms with Gasteiger partial charge >= 0.3 is 0 Å². The standard InChI is InChI=1S/C21H19ClF2N4O2/c22-13-6-12-20(19(24)17(13)18-14(23)2-1-3-15(18)30)26-16(9-29)27-21(12)28-7-10-4-5-11(8-28)25-10/h1-3,6,10-11,25,29-30H,4-5,7-9H2. The van der Waals surface area contributed by atoms with Gasteiger partial charge in [0, 0.05) is 36.1 Å². The molecule has 2 aliphatic heterocycles. The predicted octanol–water partition coefficient (Wildman–Crippen LogP) is 3.37. The van der Waals surface area contributed by atoms with Gasteiger partial charge in [-0.15, -0.1) is 0 Å². The summed E-state index contributed by atoms with van der Waals surface area (Å²) >= 11 is 6.39. The molecule has 3 heterocycles. The molecule has 1 aromatic heterocycles. The Bertz CT molecular complexity index is 1130. The van der Waals surface area contributed by atoms with Crippen molar-refractivity contribution < 1.29 is 19.0 Å². The number of hydrogen-bond acceptors (Lipinski definition) is 6. The molecule has 0 aliphatic carbocycles. The molecule has 2 saturated heterocycles. The monoisotopic (exact) mass is 432 g/mol. The van der Waals surface area contributed by atoms with E-state index in [1.54, 1.807) is 0 Å². The number of halogens is 3. The SMILES string of the molecule is OCc1nc(N2CC3CCC(C2)N3)c2cc(Cl)c(-c3c(O)cccc3F)c(F)c2n1. The van der Waals surface area contributed by atoms with Crippen molar-refractivity contribution >= 4 is 28.3 Å². The molecule has 2 aromatic carbocycles. The summed E-state index contributed by atoms with van der Waals surface area (Å²) in [5.74, 6) is -1.54. The van der Waals surface area contributed by atoms with Crippen molar-refractivity contribution in [2.24, 2.45) is 0 Å². The number of aromatic hydroxyl groups is 1. The minimum atomic E-state index is -0.866. The normalized spacial score (nSPS) is 20.9. The topological polar surface area (TPSA) is 81.5 Å². The maximum Gasteiger partial charge on any atom is 0.159 e. The summed E-state index contributed by atoms with van der Waals surface area (Å²) in [6.07, 6.45) is 2.12. The highest BCUT2D eigenvalue weighted by molar-refractivity contribution is 6.34. The molecule has 3 N–H and O–H groups in total. The third-order valence-corrected chi connectivity index (χ3v) is 6.11. The molecule has 0 amide bonds. The van der Waals surface area contributed by atoms with Gasteiger partial charge in [0.1, 0.15) is 29.5 Å². The highest BCUT2D eigenvalue weighted by Crippen LogP contribution is 2.42. The van der Waals surface area contributed by atoms with Crippen LogP contribution >= 0.6 is 11.6 Å². The number of aliphatic hydroxyl groups excluding tert-OH is 1. The van der Waals surface area contributed by atoms with Gasteiger partial charge in [-0.2, -0.15) is 0 Å². The van der Waals surface area contributed by atoms with E-state index in [1.165, 1.54) is 18.2 Å². The lowest BCUT2D eigenvalue weighted by Gasteiger charge is -2.34. The third-order valence-electron chi connectivity index (χ3n) is 5.81. The number of nitrogens with one attached hydrogen (secondary N) is 1. The summed E-state index contributed by atoms with van der Waals surface area (Å²) < 4.78 is 30.1. The van der Waals surface area contributed by atoms with Gasteiger partial charge < -0.3 is 20.4 Å². The van der Waals surface area contributed by atoms with Crippen molar-refractivity contribution in [2.75, 3.05) is 18.0 Å². The Morgan fingerprint density at radius 2 is 1.87 bits per heavy atom. The molecule has 30 heavy (non-hydrogen) atoms. The van der Waals surface area contributed by atoms with Crippen LogP contribution in [0.15, 0.2) is 24.3 Å². The summed E-state index contributed by atoms with van der Waals surface area (Å²) in [4.78, 5) is 10.6. The van der Waals surface area contributed by atoms with E-state index in [1.807, 2.05) is 0 Å². The first-order chi connectivity index (χ1) is 14.5. The number of nitrogens with zero attached hydrogens (tertiary/aromatic N) is 3. The van der Waals surface area contributed by atoms with E-state index in [2.05, 4.69) is 20.2 Å². The van der Waals surface area contributed by atoms with E-state index in [0.717, 1.165) is 18.9 Å². The van der Waals surface area contributed by atoms with Gasteiger partial charge in [0.05, 0.1) is 10.6 Å². The van der Waals surface area contributed by atoms with Crippen LogP contribution in [0.4, 0.5) is 14.6 Å². The van der Waals surface area contributed by atoms with Crippen LogP contribution in [0.2, 0.25) is 5.02 Å². The molecule has 6 nitrogen and oxygen atoms in total. The lowest BCUT2D eigenvalue weighted by Crippen LogP contribution is -2.51. The first-order valence-electron chi connectivity index (χ1n) is 9.74. The molecule has 2 unspecified atom stereocenters. The van der Waals surface area contributed by atoms with E-state index in [-0.39, 0.29) is 27.5 Å². The molecule has 2 bridgehead atoms. The summed E-state index contributed by atoms with van der Waals surface area (Å²) in [7, 11) is 0. The highest BCUT2D eigenvalue weighted by atomic mass is 35.5. The maximum absolute atomic E-state index is 15.6. The molecule has 0 saturated carbocycles. The van der Waals surface area contributed by atoms with Gasteiger partial charge in [-0.1, -0.05) is 17.7 Å². The number of aromatic nitrogens is 2. The van der Waals surface area contributed by atoms with E-state index in [0.29, 0.717) is 36.4 Å². The number of phenolic OH excluding ortho intramolecular Hbond substituents is 1. The van der Waals surface area contributed by atoms with Crippen LogP contribution in [-0.2, 0) is 6.61 Å². The fourth-order valence-electron chi connectivity index (χ4n) is 4.50. The molecule has 2 atom stereocenters. The molecule has 0 radical (unpaired) electrons. The average molecular weight is 433 g/mol. The second kappa shape index (κ2) is 7.30. The van der Waals surface area contributed by atoms with Gasteiger partial charge in [-0.05, 0) is 31.0 Å². The Labute approximate surface area is 176 Å². The fraction of sp³-hybridized carbons (Fsp3) is 0.333. The molecule has 9 heteroatoms. The maximum atomic E-state index is 15.6. The van der Waals surface area contributed by atoms with Gasteiger partial charge in [0.15, 0.2) is 11.6 Å². The smallest absolute Gasteiger partial charge is 0.159 e. The number of anilines is 1. The second-order valence-corrected chi connectivity index (χ2v) is 8.15. The lowest BCUT2D eigenvalue weighted by molar-refractivity contribution is 0.271. The molecule has 156 valence electrons. The summed E-state index contributed by atoms with van der Waals surface area (Å²) in [5, 5.41) is 23.6. The van der Waals surface area contributed by atoms with Crippen LogP contribution in [0.1, 0.15) is 18.7 Å². The Hall–Kier alpha value is -2.55. The first kappa shape index (κ1) is 19.4. The number of aliphatic hydroxyl groups is 1. The van der Waals surface area contributed by atoms with Crippen molar-refractivity contribution in [1.82, 2.24) is 15.3 Å². The fourth-order valence-corrected chi connectivity index (χ4v) is 4.78. The van der Waals surface area contributed by atoms with Gasteiger partial charge in [0.2, 0.25) is 0 Å². The Balaban J connectivity index is 1.74. The minimum Gasteiger partial charge on any atom is -0.507 e. The Kier molecular flexibility index (Phi) is 4.72. The minimum absolute atomic E-state index is 0.0555. The Morgan fingerprint density at radius 1 is 1.13 bits per heavy atom. The van der Waals surface area contributed by atoms with E-state index in [4.69, 9.17) is 11.6 Å². The number of piperazine rings is 1. The number of hydrogen-bond donors (Lipinski definition) is 3. The summed E-state index contributed by atoms with van der Waals surface area (Å²) in [5.41, 5.74) is -0.668. The molecule has 5 rings (SSSR count). The van der Waals surface area contributed by atoms with Crippen LogP contribution in [0.25, 0.3) is 22.0 Å². The molecule has 0 spiro atoms. The molecule has 2 aliphatic rings. The largest absolute Gasteiger partial charge is 0.507 e. The molecular formula is C21H19ClF2N4O2. The summed E-state index contributed by atoms with van der Waals surface area (Å²) in [6.45, 7) is 0.926. The van der Waals surface area contributed by atoms with Gasteiger partial charge in [0.25, 0.3) is 0 Å². The van der Waals surface area contributed by atoms with E-state index >= 15 is 4.39 Å². The van der Waals surface area contributed by atoms with Gasteiger partial charge in [-0.3, -0.25) is 0 Å². The Morgan fingerprint density at radius 3 is 2.53 bits per heavy atom. The van der Waals surface area contributed by atoms with Crippen LogP contribution in [0.5, 0.6) is 5.75 Å². The van der Waals surface area contributed by atoms with Crippen molar-refractivity contribution in [3.8, 4) is 16.9 Å². The predicted molar refractivity (Wildman–Crippen MR) is 110 cm³/mol. The molecule has 2 fully saturated rings. The summed E-state index contributed by atoms with van der Waals surface area (Å²) in [6, 6.07) is 5.85. The van der Waals surface area contributed by atoms with Crippen molar-refractivity contribution in [1.29, 1.82) is 0 Å². The number of fused-ring (bicyclic) bond motifs is 3. The molecular weight excluding hydrogens is 414 g/mol. The zero-order valence-corrected chi connectivity index (χ0v) is 16.6. The second-order valence-electron chi connectivity index (χ2n) is 7.74. The van der Waals surface area contributed by atoms with Gasteiger partial charge in [-0.25, -0.2) is 18.7 Å². The zero-order valence-electron chi connectivity index (χ0n) is 15.9. The quantitative estimate of drug-likeness (QED) is 0.588. The van der Waals surface area contributed by atoms with Crippen LogP contribution in [0.3, 0.4) is 0 Å². The van der Waals surface area contributed by atoms with Crippen molar-refractivity contribution in [2.45, 2.75) is 31.5 Å². The zero-order chi connectivity index (χ0) is 21.0. The first-order valence-corrected chi connectivity index (χ1v) is 10.1. The number of benzene rings is 2. The number of rotatable bonds is 3. The molecule has 3 aromatic rings. The third kappa shape index (κ3) is 3.07. The highest BCUT2D eigenvalue weighted by Gasteiger charge is 2.34. The lowest BCUT2D eigenvalue weighted by atomic mass is 10.0. The van der Waals surface area contributed by atoms with E-state index in [9.17, 15) is 14.6 Å². The van der Waals surface area contributed by atoms with Crippen LogP contribution in [0, 0.1) is 11.6 Å². The van der Waals surface area contributed by atoms with Crippen LogP contribution in [-0.4, -0.2) is 45.4 Å². The average Bonchev–Trinajstić information content (AvgIpc) is 3.07. The van der Waals surface area contributed by atoms with Crippen molar-refractivity contribution in [3.05, 3.63) is 46.7 Å². The van der Waals surface area contributed by atoms with Crippen molar-refractivity contribution in [3.63, 3.8) is 0 Å². The van der Waals surface area contributed by atoms with Crippen LogP contribution < -0.4 is 10.2 Å².